The van der Waals surface area contributed by atoms with Crippen LogP contribution in [0.25, 0.3) is 10.9 Å². The number of rotatable bonds is 4. The number of carbonyl (C=O) groups excluding carboxylic acids is 1. The van der Waals surface area contributed by atoms with Crippen LogP contribution >= 0.6 is 0 Å². The summed E-state index contributed by atoms with van der Waals surface area (Å²) in [5.41, 5.74) is 1.66. The molecule has 2 rings (SSSR count). The zero-order valence-corrected chi connectivity index (χ0v) is 9.86. The third-order valence-corrected chi connectivity index (χ3v) is 2.68. The van der Waals surface area contributed by atoms with Crippen molar-refractivity contribution in [3.05, 3.63) is 36.0 Å². The van der Waals surface area contributed by atoms with Crippen molar-refractivity contribution in [3.8, 4) is 0 Å². The van der Waals surface area contributed by atoms with Gasteiger partial charge in [0.1, 0.15) is 6.04 Å². The topological polar surface area (TPSA) is 82.2 Å². The van der Waals surface area contributed by atoms with Crippen molar-refractivity contribution < 1.29 is 14.7 Å². The van der Waals surface area contributed by atoms with E-state index in [0.717, 1.165) is 16.5 Å². The fraction of sp³-hybridized carbons (Fsp3) is 0.231. The molecule has 0 spiro atoms. The Morgan fingerprint density at radius 3 is 2.83 bits per heavy atom. The molecule has 1 aromatic heterocycles. The van der Waals surface area contributed by atoms with Crippen LogP contribution in [0.3, 0.4) is 0 Å². The molecule has 0 saturated heterocycles. The van der Waals surface area contributed by atoms with E-state index in [9.17, 15) is 9.59 Å². The Labute approximate surface area is 104 Å². The fourth-order valence-corrected chi connectivity index (χ4v) is 1.88. The van der Waals surface area contributed by atoms with Gasteiger partial charge in [0.05, 0.1) is 6.20 Å². The smallest absolute Gasteiger partial charge is 0.326 e. The number of carbonyl (C=O) groups is 2. The molecule has 1 unspecified atom stereocenters. The molecule has 0 aliphatic carbocycles. The fourth-order valence-electron chi connectivity index (χ4n) is 1.88. The molecule has 1 amide bonds. The largest absolute Gasteiger partial charge is 0.480 e. The maximum Gasteiger partial charge on any atom is 0.326 e. The van der Waals surface area contributed by atoms with E-state index < -0.39 is 12.0 Å². The SMILES string of the molecule is CC(=O)NC(Cc1[c][nH]c2ccccc12)C(=O)O. The number of amides is 1. The minimum absolute atomic E-state index is 0.207. The molecule has 0 saturated carbocycles. The number of benzene rings is 1. The number of para-hydroxylation sites is 1. The number of aromatic nitrogens is 1. The van der Waals surface area contributed by atoms with E-state index >= 15 is 0 Å². The van der Waals surface area contributed by atoms with Crippen LogP contribution in [0.1, 0.15) is 12.5 Å². The third-order valence-electron chi connectivity index (χ3n) is 2.68. The van der Waals surface area contributed by atoms with E-state index in [2.05, 4.69) is 16.5 Å². The Morgan fingerprint density at radius 1 is 1.44 bits per heavy atom. The van der Waals surface area contributed by atoms with Crippen molar-refractivity contribution in [2.24, 2.45) is 0 Å². The summed E-state index contributed by atoms with van der Waals surface area (Å²) in [6.45, 7) is 1.30. The molecule has 0 bridgehead atoms. The normalized spacial score (nSPS) is 12.3. The van der Waals surface area contributed by atoms with Gasteiger partial charge in [-0.05, 0) is 11.6 Å². The van der Waals surface area contributed by atoms with Crippen LogP contribution in [0.5, 0.6) is 0 Å². The Bertz CT molecular complexity index is 589. The van der Waals surface area contributed by atoms with Gasteiger partial charge in [-0.25, -0.2) is 4.79 Å². The highest BCUT2D eigenvalue weighted by molar-refractivity contribution is 5.85. The van der Waals surface area contributed by atoms with Gasteiger partial charge in [-0.2, -0.15) is 0 Å². The first-order valence-corrected chi connectivity index (χ1v) is 5.55. The lowest BCUT2D eigenvalue weighted by Crippen LogP contribution is -2.41. The lowest BCUT2D eigenvalue weighted by Gasteiger charge is -2.12. The molecule has 1 aromatic carbocycles. The average molecular weight is 245 g/mol. The maximum atomic E-state index is 11.1. The second-order valence-electron chi connectivity index (χ2n) is 4.07. The Kier molecular flexibility index (Phi) is 3.32. The molecule has 3 N–H and O–H groups in total. The number of carboxylic acid groups (broad SMARTS) is 1. The molecular formula is C13H13N2O3. The van der Waals surface area contributed by atoms with Crippen molar-refractivity contribution in [2.45, 2.75) is 19.4 Å². The van der Waals surface area contributed by atoms with Crippen LogP contribution < -0.4 is 5.32 Å². The van der Waals surface area contributed by atoms with Gasteiger partial charge < -0.3 is 15.4 Å². The highest BCUT2D eigenvalue weighted by Crippen LogP contribution is 2.18. The lowest BCUT2D eigenvalue weighted by molar-refractivity contribution is -0.141. The van der Waals surface area contributed by atoms with E-state index in [-0.39, 0.29) is 12.3 Å². The molecule has 1 heterocycles. The summed E-state index contributed by atoms with van der Waals surface area (Å²) in [6, 6.07) is 6.62. The van der Waals surface area contributed by atoms with Gasteiger partial charge in [-0.1, -0.05) is 18.2 Å². The highest BCUT2D eigenvalue weighted by Gasteiger charge is 2.20. The number of aromatic amines is 1. The summed E-state index contributed by atoms with van der Waals surface area (Å²) in [4.78, 5) is 25.0. The zero-order chi connectivity index (χ0) is 13.1. The maximum absolute atomic E-state index is 11.1. The molecule has 0 fully saturated rings. The summed E-state index contributed by atoms with van der Waals surface area (Å²) in [6.07, 6.45) is 3.14. The van der Waals surface area contributed by atoms with Crippen LogP contribution in [0, 0.1) is 6.20 Å². The van der Waals surface area contributed by atoms with Gasteiger partial charge in [-0.15, -0.1) is 0 Å². The zero-order valence-electron chi connectivity index (χ0n) is 9.86. The minimum Gasteiger partial charge on any atom is -0.480 e. The van der Waals surface area contributed by atoms with Crippen LogP contribution in [-0.2, 0) is 16.0 Å². The van der Waals surface area contributed by atoms with Crippen LogP contribution in [-0.4, -0.2) is 28.0 Å². The van der Waals surface area contributed by atoms with Gasteiger partial charge in [-0.3, -0.25) is 4.79 Å². The first-order chi connectivity index (χ1) is 8.58. The Balaban J connectivity index is 2.26. The van der Waals surface area contributed by atoms with E-state index in [4.69, 9.17) is 5.11 Å². The van der Waals surface area contributed by atoms with Gasteiger partial charge in [0, 0.05) is 24.2 Å². The lowest BCUT2D eigenvalue weighted by atomic mass is 10.1. The van der Waals surface area contributed by atoms with Gasteiger partial charge >= 0.3 is 5.97 Å². The first kappa shape index (κ1) is 12.2. The van der Waals surface area contributed by atoms with Crippen LogP contribution in [0.15, 0.2) is 24.3 Å². The van der Waals surface area contributed by atoms with Crippen molar-refractivity contribution >= 4 is 22.8 Å². The van der Waals surface area contributed by atoms with Crippen molar-refractivity contribution in [1.29, 1.82) is 0 Å². The van der Waals surface area contributed by atoms with Crippen LogP contribution in [0.2, 0.25) is 0 Å². The summed E-state index contributed by atoms with van der Waals surface area (Å²) < 4.78 is 0. The number of nitrogens with one attached hydrogen (secondary N) is 2. The van der Waals surface area contributed by atoms with Crippen LogP contribution in [0.4, 0.5) is 0 Å². The summed E-state index contributed by atoms with van der Waals surface area (Å²) >= 11 is 0. The Hall–Kier alpha value is -2.30. The first-order valence-electron chi connectivity index (χ1n) is 5.55. The van der Waals surface area contributed by atoms with Gasteiger partial charge in [0.15, 0.2) is 0 Å². The second kappa shape index (κ2) is 4.91. The number of carboxylic acids is 1. The summed E-state index contributed by atoms with van der Waals surface area (Å²) in [7, 11) is 0. The molecule has 1 radical (unpaired) electrons. The second-order valence-corrected chi connectivity index (χ2v) is 4.07. The summed E-state index contributed by atoms with van der Waals surface area (Å²) in [5.74, 6) is -1.41. The quantitative estimate of drug-likeness (QED) is 0.754. The van der Waals surface area contributed by atoms with Gasteiger partial charge in [0.2, 0.25) is 5.91 Å². The molecule has 93 valence electrons. The Morgan fingerprint density at radius 2 is 2.17 bits per heavy atom. The highest BCUT2D eigenvalue weighted by atomic mass is 16.4. The molecule has 5 nitrogen and oxygen atoms in total. The number of fused-ring (bicyclic) bond motifs is 1. The minimum atomic E-state index is -1.05. The van der Waals surface area contributed by atoms with E-state index in [0.29, 0.717) is 0 Å². The molecule has 0 aliphatic heterocycles. The van der Waals surface area contributed by atoms with E-state index in [1.54, 1.807) is 0 Å². The molecule has 1 atom stereocenters. The van der Waals surface area contributed by atoms with Crippen molar-refractivity contribution in [3.63, 3.8) is 0 Å². The standard InChI is InChI=1S/C13H13N2O3/c1-8(16)15-12(13(17)18)6-9-7-14-11-5-3-2-4-10(9)11/h2-5,12,14H,6H2,1H3,(H,15,16)(H,17,18). The van der Waals surface area contributed by atoms with E-state index in [1.165, 1.54) is 6.92 Å². The monoisotopic (exact) mass is 245 g/mol. The average Bonchev–Trinajstić information content (AvgIpc) is 2.71. The predicted octanol–water partition coefficient (Wildman–Crippen LogP) is 1.10. The molecule has 2 aromatic rings. The van der Waals surface area contributed by atoms with Crippen molar-refractivity contribution in [2.75, 3.05) is 0 Å². The summed E-state index contributed by atoms with van der Waals surface area (Å²) in [5, 5.41) is 12.4. The molecular weight excluding hydrogens is 232 g/mol. The third kappa shape index (κ3) is 2.51. The number of H-pyrrole nitrogens is 1. The van der Waals surface area contributed by atoms with Gasteiger partial charge in [0.25, 0.3) is 0 Å². The van der Waals surface area contributed by atoms with Crippen molar-refractivity contribution in [1.82, 2.24) is 10.3 Å². The number of hydrogen-bond donors (Lipinski definition) is 3. The number of aliphatic carboxylic acids is 1. The molecule has 5 heteroatoms. The van der Waals surface area contributed by atoms with E-state index in [1.807, 2.05) is 24.3 Å². The molecule has 18 heavy (non-hydrogen) atoms. The molecule has 0 aliphatic rings. The predicted molar refractivity (Wildman–Crippen MR) is 66.1 cm³/mol. The number of hydrogen-bond acceptors (Lipinski definition) is 2.